The summed E-state index contributed by atoms with van der Waals surface area (Å²) in [5, 5.41) is 14.3. The Morgan fingerprint density at radius 2 is 2.30 bits per heavy atom. The molecule has 1 unspecified atom stereocenters. The first-order chi connectivity index (χ1) is 9.61. The zero-order valence-corrected chi connectivity index (χ0v) is 12.4. The molecule has 1 fully saturated rings. The minimum atomic E-state index is -0.423. The van der Waals surface area contributed by atoms with Crippen LogP contribution in [-0.2, 0) is 6.54 Å². The lowest BCUT2D eigenvalue weighted by atomic mass is 10.0. The van der Waals surface area contributed by atoms with Gasteiger partial charge in [0.2, 0.25) is 0 Å². The molecule has 0 radical (unpaired) electrons. The van der Waals surface area contributed by atoms with Crippen LogP contribution in [-0.4, -0.2) is 36.0 Å². The molecule has 1 heterocycles. The smallest absolute Gasteiger partial charge is 0.288 e. The fraction of sp³-hybridized carbons (Fsp3) is 0.571. The van der Waals surface area contributed by atoms with Crippen molar-refractivity contribution in [1.29, 1.82) is 0 Å². The molecule has 1 aromatic rings. The molecule has 6 heteroatoms. The highest BCUT2D eigenvalue weighted by atomic mass is 35.5. The SMILES string of the molecule is CNCC1CCCCN1Cc1ccc(Cl)c([N+](=O)[O-])c1. The number of nitrogens with zero attached hydrogens (tertiary/aromatic N) is 2. The molecule has 0 aromatic heterocycles. The highest BCUT2D eigenvalue weighted by Gasteiger charge is 2.22. The van der Waals surface area contributed by atoms with Crippen LogP contribution in [0.5, 0.6) is 0 Å². The fourth-order valence-corrected chi connectivity index (χ4v) is 2.95. The molecule has 0 spiro atoms. The minimum absolute atomic E-state index is 0.00802. The van der Waals surface area contributed by atoms with Crippen molar-refractivity contribution < 1.29 is 4.92 Å². The van der Waals surface area contributed by atoms with Gasteiger partial charge >= 0.3 is 0 Å². The Morgan fingerprint density at radius 3 is 3.00 bits per heavy atom. The van der Waals surface area contributed by atoms with Gasteiger partial charge < -0.3 is 5.32 Å². The highest BCUT2D eigenvalue weighted by Crippen LogP contribution is 2.27. The molecule has 1 aliphatic heterocycles. The molecule has 0 amide bonds. The van der Waals surface area contributed by atoms with Gasteiger partial charge in [-0.25, -0.2) is 0 Å². The van der Waals surface area contributed by atoms with E-state index < -0.39 is 4.92 Å². The molecule has 5 nitrogen and oxygen atoms in total. The molecule has 1 atom stereocenters. The monoisotopic (exact) mass is 297 g/mol. The average molecular weight is 298 g/mol. The van der Waals surface area contributed by atoms with Crippen molar-refractivity contribution in [3.05, 3.63) is 38.9 Å². The largest absolute Gasteiger partial charge is 0.318 e. The maximum absolute atomic E-state index is 10.9. The van der Waals surface area contributed by atoms with Crippen molar-refractivity contribution in [2.24, 2.45) is 0 Å². The normalized spacial score (nSPS) is 20.0. The van der Waals surface area contributed by atoms with E-state index in [1.165, 1.54) is 19.3 Å². The summed E-state index contributed by atoms with van der Waals surface area (Å²) in [5.74, 6) is 0. The van der Waals surface area contributed by atoms with E-state index in [0.717, 1.165) is 25.2 Å². The van der Waals surface area contributed by atoms with Crippen LogP contribution in [0.2, 0.25) is 5.02 Å². The molecule has 1 N–H and O–H groups in total. The second kappa shape index (κ2) is 7.02. The highest BCUT2D eigenvalue weighted by molar-refractivity contribution is 6.32. The van der Waals surface area contributed by atoms with Gasteiger partial charge in [-0.15, -0.1) is 0 Å². The third-order valence-corrected chi connectivity index (χ3v) is 4.10. The van der Waals surface area contributed by atoms with Crippen LogP contribution in [0.15, 0.2) is 18.2 Å². The summed E-state index contributed by atoms with van der Waals surface area (Å²) in [6.07, 6.45) is 3.62. The van der Waals surface area contributed by atoms with Gasteiger partial charge in [0, 0.05) is 25.2 Å². The first kappa shape index (κ1) is 15.2. The van der Waals surface area contributed by atoms with Gasteiger partial charge in [-0.1, -0.05) is 24.1 Å². The van der Waals surface area contributed by atoms with Crippen LogP contribution in [0.25, 0.3) is 0 Å². The van der Waals surface area contributed by atoms with Crippen molar-refractivity contribution in [3.8, 4) is 0 Å². The third kappa shape index (κ3) is 3.69. The predicted molar refractivity (Wildman–Crippen MR) is 80.1 cm³/mol. The number of piperidine rings is 1. The minimum Gasteiger partial charge on any atom is -0.318 e. The molecule has 20 heavy (non-hydrogen) atoms. The van der Waals surface area contributed by atoms with Crippen LogP contribution in [0.1, 0.15) is 24.8 Å². The van der Waals surface area contributed by atoms with Gasteiger partial charge in [0.1, 0.15) is 5.02 Å². The number of nitrogens with one attached hydrogen (secondary N) is 1. The number of nitro groups is 1. The van der Waals surface area contributed by atoms with Gasteiger partial charge in [-0.05, 0) is 38.1 Å². The zero-order valence-electron chi connectivity index (χ0n) is 11.6. The van der Waals surface area contributed by atoms with E-state index in [1.807, 2.05) is 13.1 Å². The van der Waals surface area contributed by atoms with E-state index in [-0.39, 0.29) is 10.7 Å². The number of rotatable bonds is 5. The van der Waals surface area contributed by atoms with Crippen LogP contribution in [0, 0.1) is 10.1 Å². The number of benzene rings is 1. The quantitative estimate of drug-likeness (QED) is 0.671. The molecule has 2 rings (SSSR count). The lowest BCUT2D eigenvalue weighted by Gasteiger charge is -2.35. The second-order valence-corrected chi connectivity index (χ2v) is 5.63. The van der Waals surface area contributed by atoms with E-state index in [9.17, 15) is 10.1 Å². The van der Waals surface area contributed by atoms with E-state index in [4.69, 9.17) is 11.6 Å². The Bertz CT molecular complexity index is 479. The summed E-state index contributed by atoms with van der Waals surface area (Å²) in [4.78, 5) is 12.9. The first-order valence-electron chi connectivity index (χ1n) is 6.93. The van der Waals surface area contributed by atoms with Crippen molar-refractivity contribution in [1.82, 2.24) is 10.2 Å². The summed E-state index contributed by atoms with van der Waals surface area (Å²) in [7, 11) is 1.96. The molecule has 0 aliphatic carbocycles. The Balaban J connectivity index is 2.11. The maximum Gasteiger partial charge on any atom is 0.288 e. The van der Waals surface area contributed by atoms with Gasteiger partial charge in [0.25, 0.3) is 5.69 Å². The first-order valence-corrected chi connectivity index (χ1v) is 7.31. The lowest BCUT2D eigenvalue weighted by molar-refractivity contribution is -0.384. The van der Waals surface area contributed by atoms with Crippen LogP contribution >= 0.6 is 11.6 Å². The predicted octanol–water partition coefficient (Wildman–Crippen LogP) is 2.82. The molecular formula is C14H20ClN3O2. The topological polar surface area (TPSA) is 58.4 Å². The molecule has 1 aromatic carbocycles. The summed E-state index contributed by atoms with van der Waals surface area (Å²) in [6.45, 7) is 2.74. The summed E-state index contributed by atoms with van der Waals surface area (Å²) in [5.41, 5.74) is 0.940. The number of nitro benzene ring substituents is 1. The van der Waals surface area contributed by atoms with Gasteiger partial charge in [0.05, 0.1) is 4.92 Å². The van der Waals surface area contributed by atoms with Crippen molar-refractivity contribution in [3.63, 3.8) is 0 Å². The van der Waals surface area contributed by atoms with Crippen LogP contribution in [0.4, 0.5) is 5.69 Å². The van der Waals surface area contributed by atoms with E-state index >= 15 is 0 Å². The van der Waals surface area contributed by atoms with E-state index in [2.05, 4.69) is 10.2 Å². The number of likely N-dealkylation sites (tertiary alicyclic amines) is 1. The Hall–Kier alpha value is -1.17. The van der Waals surface area contributed by atoms with E-state index in [1.54, 1.807) is 12.1 Å². The molecule has 0 saturated carbocycles. The van der Waals surface area contributed by atoms with E-state index in [0.29, 0.717) is 6.04 Å². The Kier molecular flexibility index (Phi) is 5.34. The molecule has 1 saturated heterocycles. The molecule has 1 aliphatic rings. The Labute approximate surface area is 124 Å². The van der Waals surface area contributed by atoms with Crippen molar-refractivity contribution in [2.45, 2.75) is 31.8 Å². The third-order valence-electron chi connectivity index (χ3n) is 3.78. The maximum atomic E-state index is 10.9. The Morgan fingerprint density at radius 1 is 1.50 bits per heavy atom. The fourth-order valence-electron chi connectivity index (χ4n) is 2.77. The summed E-state index contributed by atoms with van der Waals surface area (Å²) < 4.78 is 0. The number of hydrogen-bond donors (Lipinski definition) is 1. The van der Waals surface area contributed by atoms with Crippen molar-refractivity contribution in [2.75, 3.05) is 20.1 Å². The summed E-state index contributed by atoms with van der Waals surface area (Å²) >= 11 is 5.85. The summed E-state index contributed by atoms with van der Waals surface area (Å²) in [6, 6.07) is 5.59. The van der Waals surface area contributed by atoms with Crippen LogP contribution in [0.3, 0.4) is 0 Å². The number of hydrogen-bond acceptors (Lipinski definition) is 4. The molecule has 0 bridgehead atoms. The lowest BCUT2D eigenvalue weighted by Crippen LogP contribution is -2.44. The number of halogens is 1. The molecule has 110 valence electrons. The zero-order chi connectivity index (χ0) is 14.5. The number of likely N-dealkylation sites (N-methyl/N-ethyl adjacent to an activating group) is 1. The second-order valence-electron chi connectivity index (χ2n) is 5.22. The standard InChI is InChI=1S/C14H20ClN3O2/c1-16-9-12-4-2-3-7-17(12)10-11-5-6-13(15)14(8-11)18(19)20/h5-6,8,12,16H,2-4,7,9-10H2,1H3. The van der Waals surface area contributed by atoms with Gasteiger partial charge in [-0.3, -0.25) is 15.0 Å². The van der Waals surface area contributed by atoms with Gasteiger partial charge in [0.15, 0.2) is 0 Å². The van der Waals surface area contributed by atoms with Crippen molar-refractivity contribution >= 4 is 17.3 Å². The van der Waals surface area contributed by atoms with Crippen LogP contribution < -0.4 is 5.32 Å². The van der Waals surface area contributed by atoms with Gasteiger partial charge in [-0.2, -0.15) is 0 Å². The average Bonchev–Trinajstić information content (AvgIpc) is 2.43. The molecular weight excluding hydrogens is 278 g/mol.